The fourth-order valence-electron chi connectivity index (χ4n) is 3.61. The van der Waals surface area contributed by atoms with Crippen LogP contribution >= 0.6 is 0 Å². The van der Waals surface area contributed by atoms with E-state index in [4.69, 9.17) is 9.47 Å². The first-order valence-corrected chi connectivity index (χ1v) is 10.4. The fourth-order valence-corrected chi connectivity index (χ4v) is 3.61. The quantitative estimate of drug-likeness (QED) is 0.407. The Bertz CT molecular complexity index is 1170. The standard InChI is InChI=1S/C26H22N2O5/c1-32-22-13-11-20(12-14-22)24-15-23(19-5-3-2-4-6-19)27-28(24)25(30)17-33-26(31)21-9-7-18(16-29)8-10-21/h2-14,16,24H,15,17H2,1H3. The van der Waals surface area contributed by atoms with Gasteiger partial charge in [-0.25, -0.2) is 9.80 Å². The Balaban J connectivity index is 1.52. The number of carbonyl (C=O) groups excluding carboxylic acids is 3. The zero-order chi connectivity index (χ0) is 23.2. The molecule has 0 radical (unpaired) electrons. The second-order valence-corrected chi connectivity index (χ2v) is 7.46. The number of carbonyl (C=O) groups is 3. The van der Waals surface area contributed by atoms with Crippen molar-refractivity contribution < 1.29 is 23.9 Å². The molecule has 1 aliphatic rings. The minimum absolute atomic E-state index is 0.259. The molecule has 1 atom stereocenters. The van der Waals surface area contributed by atoms with Gasteiger partial charge in [0.25, 0.3) is 5.91 Å². The summed E-state index contributed by atoms with van der Waals surface area (Å²) in [4.78, 5) is 36.2. The molecular formula is C26H22N2O5. The van der Waals surface area contributed by atoms with Gasteiger partial charge in [0.15, 0.2) is 6.61 Å². The number of hydrogen-bond acceptors (Lipinski definition) is 6. The monoisotopic (exact) mass is 442 g/mol. The lowest BCUT2D eigenvalue weighted by Gasteiger charge is -2.22. The Labute approximate surface area is 191 Å². The van der Waals surface area contributed by atoms with Gasteiger partial charge in [0.2, 0.25) is 0 Å². The van der Waals surface area contributed by atoms with Crippen molar-refractivity contribution in [2.24, 2.45) is 5.10 Å². The minimum atomic E-state index is -0.645. The maximum atomic E-state index is 13.0. The van der Waals surface area contributed by atoms with E-state index in [1.807, 2.05) is 54.6 Å². The average molecular weight is 442 g/mol. The van der Waals surface area contributed by atoms with Gasteiger partial charge in [-0.3, -0.25) is 9.59 Å². The van der Waals surface area contributed by atoms with Crippen molar-refractivity contribution >= 4 is 23.9 Å². The summed E-state index contributed by atoms with van der Waals surface area (Å²) in [5.41, 5.74) is 3.31. The van der Waals surface area contributed by atoms with Crippen LogP contribution in [0.15, 0.2) is 84.0 Å². The Kier molecular flexibility index (Phi) is 6.59. The highest BCUT2D eigenvalue weighted by molar-refractivity contribution is 6.03. The van der Waals surface area contributed by atoms with Gasteiger partial charge in [0, 0.05) is 12.0 Å². The van der Waals surface area contributed by atoms with Crippen molar-refractivity contribution in [1.82, 2.24) is 5.01 Å². The predicted molar refractivity (Wildman–Crippen MR) is 122 cm³/mol. The van der Waals surface area contributed by atoms with E-state index in [9.17, 15) is 14.4 Å². The number of hydrazone groups is 1. The molecule has 0 aromatic heterocycles. The van der Waals surface area contributed by atoms with E-state index in [0.717, 1.165) is 16.8 Å². The molecule has 1 amide bonds. The van der Waals surface area contributed by atoms with Gasteiger partial charge in [-0.2, -0.15) is 5.10 Å². The highest BCUT2D eigenvalue weighted by Gasteiger charge is 2.33. The Morgan fingerprint density at radius 3 is 2.33 bits per heavy atom. The first kappa shape index (κ1) is 22.0. The number of methoxy groups -OCH3 is 1. The van der Waals surface area contributed by atoms with Gasteiger partial charge in [-0.1, -0.05) is 54.6 Å². The number of aldehydes is 1. The van der Waals surface area contributed by atoms with Gasteiger partial charge >= 0.3 is 5.97 Å². The molecule has 33 heavy (non-hydrogen) atoms. The smallest absolute Gasteiger partial charge is 0.338 e. The van der Waals surface area contributed by atoms with Gasteiger partial charge in [-0.15, -0.1) is 0 Å². The van der Waals surface area contributed by atoms with Crippen LogP contribution in [0.2, 0.25) is 0 Å². The van der Waals surface area contributed by atoms with Crippen molar-refractivity contribution in [2.45, 2.75) is 12.5 Å². The van der Waals surface area contributed by atoms with E-state index in [2.05, 4.69) is 5.10 Å². The summed E-state index contributed by atoms with van der Waals surface area (Å²) < 4.78 is 10.5. The molecule has 0 N–H and O–H groups in total. The normalized spacial score (nSPS) is 15.0. The van der Waals surface area contributed by atoms with E-state index in [0.29, 0.717) is 24.0 Å². The van der Waals surface area contributed by atoms with Gasteiger partial charge in [0.05, 0.1) is 24.4 Å². The summed E-state index contributed by atoms with van der Waals surface area (Å²) in [7, 11) is 1.60. The van der Waals surface area contributed by atoms with Crippen molar-refractivity contribution in [3.63, 3.8) is 0 Å². The topological polar surface area (TPSA) is 85.3 Å². The van der Waals surface area contributed by atoms with Crippen molar-refractivity contribution in [2.75, 3.05) is 13.7 Å². The third-order valence-corrected chi connectivity index (χ3v) is 5.38. The van der Waals surface area contributed by atoms with Crippen LogP contribution in [-0.2, 0) is 9.53 Å². The lowest BCUT2D eigenvalue weighted by atomic mass is 9.98. The maximum absolute atomic E-state index is 13.0. The van der Waals surface area contributed by atoms with Crippen LogP contribution in [0.1, 0.15) is 44.3 Å². The molecular weight excluding hydrogens is 420 g/mol. The van der Waals surface area contributed by atoms with Crippen LogP contribution in [0.25, 0.3) is 0 Å². The van der Waals surface area contributed by atoms with Crippen LogP contribution in [0.4, 0.5) is 0 Å². The van der Waals surface area contributed by atoms with Crippen LogP contribution in [0, 0.1) is 0 Å². The summed E-state index contributed by atoms with van der Waals surface area (Å²) in [6.07, 6.45) is 1.22. The molecule has 7 heteroatoms. The minimum Gasteiger partial charge on any atom is -0.497 e. The summed E-state index contributed by atoms with van der Waals surface area (Å²) in [6, 6.07) is 22.8. The summed E-state index contributed by atoms with van der Waals surface area (Å²) in [5, 5.41) is 5.95. The molecule has 3 aromatic rings. The van der Waals surface area contributed by atoms with Crippen LogP contribution < -0.4 is 4.74 Å². The van der Waals surface area contributed by atoms with E-state index in [1.54, 1.807) is 7.11 Å². The number of hydrogen-bond donors (Lipinski definition) is 0. The molecule has 166 valence electrons. The summed E-state index contributed by atoms with van der Waals surface area (Å²) >= 11 is 0. The van der Waals surface area contributed by atoms with Crippen molar-refractivity contribution in [1.29, 1.82) is 0 Å². The van der Waals surface area contributed by atoms with Gasteiger partial charge in [-0.05, 0) is 35.4 Å². The number of benzene rings is 3. The Morgan fingerprint density at radius 1 is 1.00 bits per heavy atom. The SMILES string of the molecule is COc1ccc(C2CC(c3ccccc3)=NN2C(=O)COC(=O)c2ccc(C=O)cc2)cc1. The zero-order valence-corrected chi connectivity index (χ0v) is 18.0. The lowest BCUT2D eigenvalue weighted by Crippen LogP contribution is -2.31. The average Bonchev–Trinajstić information content (AvgIpc) is 3.33. The highest BCUT2D eigenvalue weighted by Crippen LogP contribution is 2.33. The molecule has 0 saturated heterocycles. The molecule has 1 unspecified atom stereocenters. The predicted octanol–water partition coefficient (Wildman–Crippen LogP) is 4.04. The second kappa shape index (κ2) is 9.91. The molecule has 1 heterocycles. The third kappa shape index (κ3) is 4.98. The van der Waals surface area contributed by atoms with E-state index >= 15 is 0 Å². The highest BCUT2D eigenvalue weighted by atomic mass is 16.5. The Morgan fingerprint density at radius 2 is 1.70 bits per heavy atom. The van der Waals surface area contributed by atoms with Gasteiger partial charge in [0.1, 0.15) is 12.0 Å². The molecule has 1 aliphatic heterocycles. The van der Waals surface area contributed by atoms with Crippen LogP contribution in [0.3, 0.4) is 0 Å². The zero-order valence-electron chi connectivity index (χ0n) is 18.0. The van der Waals surface area contributed by atoms with Crippen molar-refractivity contribution in [3.05, 3.63) is 101 Å². The lowest BCUT2D eigenvalue weighted by molar-refractivity contribution is -0.136. The molecule has 0 fully saturated rings. The number of amides is 1. The first-order valence-electron chi connectivity index (χ1n) is 10.4. The molecule has 4 rings (SSSR count). The second-order valence-electron chi connectivity index (χ2n) is 7.46. The van der Waals surface area contributed by atoms with E-state index < -0.39 is 18.5 Å². The number of nitrogens with zero attached hydrogens (tertiary/aromatic N) is 2. The molecule has 7 nitrogen and oxygen atoms in total. The van der Waals surface area contributed by atoms with Crippen LogP contribution in [0.5, 0.6) is 5.75 Å². The number of esters is 1. The molecule has 0 bridgehead atoms. The summed E-state index contributed by atoms with van der Waals surface area (Å²) in [6.45, 7) is -0.452. The number of ether oxygens (including phenoxy) is 2. The Hall–Kier alpha value is -4.26. The molecule has 3 aromatic carbocycles. The van der Waals surface area contributed by atoms with Gasteiger partial charge < -0.3 is 9.47 Å². The van der Waals surface area contributed by atoms with E-state index in [1.165, 1.54) is 29.3 Å². The molecule has 0 spiro atoms. The van der Waals surface area contributed by atoms with E-state index in [-0.39, 0.29) is 11.6 Å². The molecule has 0 saturated carbocycles. The van der Waals surface area contributed by atoms with Crippen LogP contribution in [-0.4, -0.2) is 42.6 Å². The third-order valence-electron chi connectivity index (χ3n) is 5.38. The summed E-state index contributed by atoms with van der Waals surface area (Å²) in [5.74, 6) is -0.360. The molecule has 0 aliphatic carbocycles. The fraction of sp³-hybridized carbons (Fsp3) is 0.154. The maximum Gasteiger partial charge on any atom is 0.338 e. The largest absolute Gasteiger partial charge is 0.497 e. The first-order chi connectivity index (χ1) is 16.1. The number of rotatable bonds is 7. The van der Waals surface area contributed by atoms with Crippen molar-refractivity contribution in [3.8, 4) is 5.75 Å².